The first-order valence-electron chi connectivity index (χ1n) is 6.96. The van der Waals surface area contributed by atoms with Crippen LogP contribution in [0.5, 0.6) is 0 Å². The van der Waals surface area contributed by atoms with Gasteiger partial charge in [-0.2, -0.15) is 0 Å². The molecule has 1 aromatic carbocycles. The van der Waals surface area contributed by atoms with Gasteiger partial charge in [-0.1, -0.05) is 15.9 Å². The molecule has 0 radical (unpaired) electrons. The minimum atomic E-state index is 0.362. The molecule has 1 aromatic heterocycles. The van der Waals surface area contributed by atoms with E-state index in [1.165, 1.54) is 12.8 Å². The van der Waals surface area contributed by atoms with Crippen molar-refractivity contribution in [2.75, 3.05) is 12.4 Å². The largest absolute Gasteiger partial charge is 0.381 e. The number of nitrogens with one attached hydrogen (secondary N) is 1. The lowest BCUT2D eigenvalue weighted by molar-refractivity contribution is 0.0669. The topological polar surface area (TPSA) is 47.0 Å². The smallest absolute Gasteiger partial charge is 0.137 e. The van der Waals surface area contributed by atoms with E-state index in [-0.39, 0.29) is 0 Å². The van der Waals surface area contributed by atoms with E-state index in [1.807, 2.05) is 12.1 Å². The Morgan fingerprint density at radius 2 is 2.20 bits per heavy atom. The molecule has 1 N–H and O–H groups in total. The molecule has 0 bridgehead atoms. The Morgan fingerprint density at radius 3 is 3.05 bits per heavy atom. The second-order valence-corrected chi connectivity index (χ2v) is 6.16. The molecule has 20 heavy (non-hydrogen) atoms. The summed E-state index contributed by atoms with van der Waals surface area (Å²) in [5.74, 6) is 0.915. The van der Waals surface area contributed by atoms with E-state index in [4.69, 9.17) is 4.74 Å². The lowest BCUT2D eigenvalue weighted by Gasteiger charge is -2.29. The van der Waals surface area contributed by atoms with Gasteiger partial charge in [-0.25, -0.2) is 9.97 Å². The summed E-state index contributed by atoms with van der Waals surface area (Å²) in [6.07, 6.45) is 6.54. The summed E-state index contributed by atoms with van der Waals surface area (Å²) >= 11 is 3.51. The van der Waals surface area contributed by atoms with E-state index in [0.29, 0.717) is 12.1 Å². The van der Waals surface area contributed by atoms with E-state index in [0.717, 1.165) is 34.0 Å². The molecule has 1 saturated carbocycles. The number of halogens is 1. The fourth-order valence-corrected chi connectivity index (χ4v) is 3.19. The zero-order valence-electron chi connectivity index (χ0n) is 11.5. The second kappa shape index (κ2) is 6.06. The number of nitrogens with zero attached hydrogens (tertiary/aromatic N) is 2. The SMILES string of the molecule is COC1CCCC(Nc2ncnc3ccc(Br)cc23)C1. The van der Waals surface area contributed by atoms with Gasteiger partial charge in [-0.15, -0.1) is 0 Å². The van der Waals surface area contributed by atoms with Gasteiger partial charge in [0.2, 0.25) is 0 Å². The Balaban J connectivity index is 1.85. The van der Waals surface area contributed by atoms with E-state index >= 15 is 0 Å². The average molecular weight is 336 g/mol. The summed E-state index contributed by atoms with van der Waals surface area (Å²) in [5.41, 5.74) is 0.963. The lowest BCUT2D eigenvalue weighted by atomic mass is 9.93. The van der Waals surface area contributed by atoms with Crippen LogP contribution in [0.15, 0.2) is 29.0 Å². The number of rotatable bonds is 3. The van der Waals surface area contributed by atoms with Crippen LogP contribution < -0.4 is 5.32 Å². The van der Waals surface area contributed by atoms with Gasteiger partial charge in [0.25, 0.3) is 0 Å². The van der Waals surface area contributed by atoms with Crippen molar-refractivity contribution in [3.8, 4) is 0 Å². The van der Waals surface area contributed by atoms with Crippen molar-refractivity contribution in [3.63, 3.8) is 0 Å². The first-order chi connectivity index (χ1) is 9.76. The molecule has 2 aromatic rings. The molecule has 3 rings (SSSR count). The van der Waals surface area contributed by atoms with Crippen molar-refractivity contribution in [3.05, 3.63) is 29.0 Å². The number of benzene rings is 1. The third-order valence-corrected chi connectivity index (χ3v) is 4.39. The highest BCUT2D eigenvalue weighted by atomic mass is 79.9. The zero-order valence-corrected chi connectivity index (χ0v) is 13.1. The van der Waals surface area contributed by atoms with E-state index < -0.39 is 0 Å². The van der Waals surface area contributed by atoms with Crippen LogP contribution >= 0.6 is 15.9 Å². The molecule has 2 atom stereocenters. The first kappa shape index (κ1) is 13.8. The number of fused-ring (bicyclic) bond motifs is 1. The van der Waals surface area contributed by atoms with Gasteiger partial charge in [0.05, 0.1) is 11.6 Å². The molecular formula is C15H18BrN3O. The first-order valence-corrected chi connectivity index (χ1v) is 7.75. The highest BCUT2D eigenvalue weighted by molar-refractivity contribution is 9.10. The number of hydrogen-bond acceptors (Lipinski definition) is 4. The van der Waals surface area contributed by atoms with Crippen molar-refractivity contribution < 1.29 is 4.74 Å². The number of anilines is 1. The van der Waals surface area contributed by atoms with Gasteiger partial charge in [0.1, 0.15) is 12.1 Å². The Kier molecular flexibility index (Phi) is 4.17. The van der Waals surface area contributed by atoms with Crippen molar-refractivity contribution in [2.45, 2.75) is 37.8 Å². The molecular weight excluding hydrogens is 318 g/mol. The molecule has 0 amide bonds. The van der Waals surface area contributed by atoms with Gasteiger partial charge >= 0.3 is 0 Å². The Hall–Kier alpha value is -1.20. The van der Waals surface area contributed by atoms with Crippen molar-refractivity contribution in [1.82, 2.24) is 9.97 Å². The highest BCUT2D eigenvalue weighted by Crippen LogP contribution is 2.27. The van der Waals surface area contributed by atoms with E-state index in [9.17, 15) is 0 Å². The summed E-state index contributed by atoms with van der Waals surface area (Å²) in [6.45, 7) is 0. The maximum Gasteiger partial charge on any atom is 0.137 e. The molecule has 0 spiro atoms. The Bertz CT molecular complexity index is 605. The molecule has 1 fully saturated rings. The maximum atomic E-state index is 5.49. The van der Waals surface area contributed by atoms with Gasteiger partial charge in [-0.05, 0) is 43.9 Å². The summed E-state index contributed by atoms with van der Waals surface area (Å²) in [6, 6.07) is 6.49. The van der Waals surface area contributed by atoms with Crippen molar-refractivity contribution in [2.24, 2.45) is 0 Å². The van der Waals surface area contributed by atoms with Gasteiger partial charge < -0.3 is 10.1 Å². The predicted molar refractivity (Wildman–Crippen MR) is 83.9 cm³/mol. The molecule has 0 saturated heterocycles. The quantitative estimate of drug-likeness (QED) is 0.927. The third kappa shape index (κ3) is 2.94. The predicted octanol–water partition coefficient (Wildman–Crippen LogP) is 3.76. The molecule has 5 heteroatoms. The average Bonchev–Trinajstić information content (AvgIpc) is 2.48. The fourth-order valence-electron chi connectivity index (χ4n) is 2.83. The van der Waals surface area contributed by atoms with E-state index in [2.05, 4.69) is 37.3 Å². The molecule has 4 nitrogen and oxygen atoms in total. The van der Waals surface area contributed by atoms with E-state index in [1.54, 1.807) is 13.4 Å². The molecule has 1 heterocycles. The summed E-state index contributed by atoms with van der Waals surface area (Å²) in [4.78, 5) is 8.72. The fraction of sp³-hybridized carbons (Fsp3) is 0.467. The number of aromatic nitrogens is 2. The number of ether oxygens (including phenoxy) is 1. The number of methoxy groups -OCH3 is 1. The van der Waals surface area contributed by atoms with Crippen LogP contribution in [0.25, 0.3) is 10.9 Å². The van der Waals surface area contributed by atoms with Gasteiger partial charge in [0.15, 0.2) is 0 Å². The molecule has 0 aliphatic heterocycles. The van der Waals surface area contributed by atoms with Crippen LogP contribution in [-0.2, 0) is 4.74 Å². The maximum absolute atomic E-state index is 5.49. The van der Waals surface area contributed by atoms with Crippen molar-refractivity contribution >= 4 is 32.7 Å². The molecule has 106 valence electrons. The standard InChI is InChI=1S/C15H18BrN3O/c1-20-12-4-2-3-11(8-12)19-15-13-7-10(16)5-6-14(13)17-9-18-15/h5-7,9,11-12H,2-4,8H2,1H3,(H,17,18,19). The lowest BCUT2D eigenvalue weighted by Crippen LogP contribution is -2.31. The van der Waals surface area contributed by atoms with Crippen LogP contribution in [-0.4, -0.2) is 29.2 Å². The summed E-state index contributed by atoms with van der Waals surface area (Å²) < 4.78 is 6.53. The normalized spacial score (nSPS) is 22.9. The number of hydrogen-bond donors (Lipinski definition) is 1. The minimum Gasteiger partial charge on any atom is -0.381 e. The molecule has 1 aliphatic carbocycles. The van der Waals surface area contributed by atoms with Crippen LogP contribution in [0, 0.1) is 0 Å². The monoisotopic (exact) mass is 335 g/mol. The van der Waals surface area contributed by atoms with Gasteiger partial charge in [-0.3, -0.25) is 0 Å². The Labute approximate surface area is 127 Å². The van der Waals surface area contributed by atoms with Gasteiger partial charge in [0, 0.05) is 23.0 Å². The van der Waals surface area contributed by atoms with Crippen LogP contribution in [0.1, 0.15) is 25.7 Å². The summed E-state index contributed by atoms with van der Waals surface area (Å²) in [7, 11) is 1.80. The second-order valence-electron chi connectivity index (χ2n) is 5.25. The van der Waals surface area contributed by atoms with Crippen molar-refractivity contribution in [1.29, 1.82) is 0 Å². The van der Waals surface area contributed by atoms with Crippen LogP contribution in [0.4, 0.5) is 5.82 Å². The highest BCUT2D eigenvalue weighted by Gasteiger charge is 2.22. The minimum absolute atomic E-state index is 0.362. The molecule has 1 aliphatic rings. The molecule has 2 unspecified atom stereocenters. The van der Waals surface area contributed by atoms with Crippen LogP contribution in [0.3, 0.4) is 0 Å². The third-order valence-electron chi connectivity index (χ3n) is 3.90. The Morgan fingerprint density at radius 1 is 1.30 bits per heavy atom. The summed E-state index contributed by atoms with van der Waals surface area (Å²) in [5, 5.41) is 4.62. The zero-order chi connectivity index (χ0) is 13.9. The van der Waals surface area contributed by atoms with Crippen LogP contribution in [0.2, 0.25) is 0 Å².